The van der Waals surface area contributed by atoms with Gasteiger partial charge in [-0.1, -0.05) is 12.1 Å². The van der Waals surface area contributed by atoms with Crippen LogP contribution in [0.1, 0.15) is 24.0 Å². The molecule has 1 heterocycles. The van der Waals surface area contributed by atoms with Gasteiger partial charge in [-0.05, 0) is 43.4 Å². The molecular formula is C16H25NO4S. The number of benzene rings is 1. The quantitative estimate of drug-likeness (QED) is 0.768. The van der Waals surface area contributed by atoms with Gasteiger partial charge in [0.1, 0.15) is 5.75 Å². The van der Waals surface area contributed by atoms with E-state index in [0.717, 1.165) is 36.1 Å². The minimum Gasteiger partial charge on any atom is -0.496 e. The van der Waals surface area contributed by atoms with Crippen LogP contribution in [0.2, 0.25) is 0 Å². The van der Waals surface area contributed by atoms with Crippen molar-refractivity contribution in [3.8, 4) is 5.75 Å². The average molecular weight is 327 g/mol. The highest BCUT2D eigenvalue weighted by Crippen LogP contribution is 2.26. The average Bonchev–Trinajstić information content (AvgIpc) is 2.94. The Morgan fingerprint density at radius 2 is 2.09 bits per heavy atom. The topological polar surface area (TPSA) is 55.8 Å². The molecule has 2 rings (SSSR count). The highest BCUT2D eigenvalue weighted by atomic mass is 32.2. The molecular weight excluding hydrogens is 302 g/mol. The third-order valence-electron chi connectivity index (χ3n) is 4.16. The molecule has 124 valence electrons. The second kappa shape index (κ2) is 7.44. The van der Waals surface area contributed by atoms with Crippen LogP contribution in [0.5, 0.6) is 5.75 Å². The lowest BCUT2D eigenvalue weighted by atomic mass is 10.0. The van der Waals surface area contributed by atoms with Crippen molar-refractivity contribution >= 4 is 10.0 Å². The molecule has 0 amide bonds. The maximum absolute atomic E-state index is 12.4. The minimum atomic E-state index is -3.23. The van der Waals surface area contributed by atoms with Crippen LogP contribution >= 0.6 is 0 Å². The number of hydrogen-bond donors (Lipinski definition) is 0. The molecule has 0 N–H and O–H groups in total. The van der Waals surface area contributed by atoms with E-state index in [9.17, 15) is 8.42 Å². The number of aryl methyl sites for hydroxylation is 1. The van der Waals surface area contributed by atoms with Crippen molar-refractivity contribution in [3.05, 3.63) is 29.3 Å². The number of nitrogens with zero attached hydrogens (tertiary/aromatic N) is 1. The van der Waals surface area contributed by atoms with Gasteiger partial charge >= 0.3 is 0 Å². The molecule has 1 atom stereocenters. The summed E-state index contributed by atoms with van der Waals surface area (Å²) in [4.78, 5) is 0. The molecule has 1 aliphatic rings. The minimum absolute atomic E-state index is 0.0506. The van der Waals surface area contributed by atoms with Crippen molar-refractivity contribution in [2.24, 2.45) is 0 Å². The molecule has 0 aromatic heterocycles. The number of sulfonamides is 1. The Hall–Kier alpha value is -1.11. The van der Waals surface area contributed by atoms with Crippen LogP contribution in [0.25, 0.3) is 0 Å². The molecule has 6 heteroatoms. The Morgan fingerprint density at radius 3 is 2.73 bits per heavy atom. The van der Waals surface area contributed by atoms with Crippen LogP contribution in [0.4, 0.5) is 0 Å². The fourth-order valence-electron chi connectivity index (χ4n) is 3.02. The Bertz CT molecular complexity index is 600. The zero-order valence-corrected chi connectivity index (χ0v) is 14.4. The van der Waals surface area contributed by atoms with E-state index in [4.69, 9.17) is 9.47 Å². The lowest BCUT2D eigenvalue weighted by Gasteiger charge is -2.24. The predicted molar refractivity (Wildman–Crippen MR) is 86.8 cm³/mol. The van der Waals surface area contributed by atoms with E-state index in [-0.39, 0.29) is 18.4 Å². The third-order valence-corrected chi connectivity index (χ3v) is 6.03. The number of rotatable bonds is 7. The summed E-state index contributed by atoms with van der Waals surface area (Å²) >= 11 is 0. The van der Waals surface area contributed by atoms with Crippen molar-refractivity contribution in [3.63, 3.8) is 0 Å². The van der Waals surface area contributed by atoms with Crippen molar-refractivity contribution in [1.29, 1.82) is 0 Å². The lowest BCUT2D eigenvalue weighted by molar-refractivity contribution is 0.215. The SMILES string of the molecule is COCCS(=O)(=O)N1CCCC1Cc1ccc(OC)c(C)c1. The Morgan fingerprint density at radius 1 is 1.32 bits per heavy atom. The fraction of sp³-hybridized carbons (Fsp3) is 0.625. The van der Waals surface area contributed by atoms with E-state index in [1.165, 1.54) is 7.11 Å². The molecule has 1 aromatic carbocycles. The van der Waals surface area contributed by atoms with Gasteiger partial charge in [0, 0.05) is 19.7 Å². The second-order valence-corrected chi connectivity index (χ2v) is 7.76. The van der Waals surface area contributed by atoms with Gasteiger partial charge in [-0.15, -0.1) is 0 Å². The number of methoxy groups -OCH3 is 2. The molecule has 0 radical (unpaired) electrons. The predicted octanol–water partition coefficient (Wildman–Crippen LogP) is 1.99. The Labute approximate surface area is 133 Å². The first-order valence-corrected chi connectivity index (χ1v) is 9.21. The van der Waals surface area contributed by atoms with Gasteiger partial charge in [-0.2, -0.15) is 4.31 Å². The van der Waals surface area contributed by atoms with Crippen LogP contribution in [0.15, 0.2) is 18.2 Å². The molecule has 1 fully saturated rings. The summed E-state index contributed by atoms with van der Waals surface area (Å²) in [5.41, 5.74) is 2.23. The van der Waals surface area contributed by atoms with Gasteiger partial charge in [-0.3, -0.25) is 0 Å². The van der Waals surface area contributed by atoms with Crippen molar-refractivity contribution < 1.29 is 17.9 Å². The monoisotopic (exact) mass is 327 g/mol. The summed E-state index contributed by atoms with van der Waals surface area (Å²) in [6.45, 7) is 2.86. The van der Waals surface area contributed by atoms with Gasteiger partial charge in [0.05, 0.1) is 19.5 Å². The maximum Gasteiger partial charge on any atom is 0.216 e. The largest absolute Gasteiger partial charge is 0.496 e. The smallest absolute Gasteiger partial charge is 0.216 e. The first-order valence-electron chi connectivity index (χ1n) is 7.60. The molecule has 1 aromatic rings. The zero-order chi connectivity index (χ0) is 16.2. The summed E-state index contributed by atoms with van der Waals surface area (Å²) in [5, 5.41) is 0. The number of ether oxygens (including phenoxy) is 2. The summed E-state index contributed by atoms with van der Waals surface area (Å²) in [6.07, 6.45) is 2.58. The second-order valence-electron chi connectivity index (χ2n) is 5.72. The standard InChI is InChI=1S/C16H25NO4S/c1-13-11-14(6-7-16(13)21-3)12-15-5-4-8-17(15)22(18,19)10-9-20-2/h6-7,11,15H,4-5,8-10,12H2,1-3H3. The maximum atomic E-state index is 12.4. The summed E-state index contributed by atoms with van der Waals surface area (Å²) in [6, 6.07) is 6.10. The van der Waals surface area contributed by atoms with Gasteiger partial charge < -0.3 is 9.47 Å². The van der Waals surface area contributed by atoms with E-state index in [0.29, 0.717) is 6.54 Å². The van der Waals surface area contributed by atoms with E-state index >= 15 is 0 Å². The first kappa shape index (κ1) is 17.2. The summed E-state index contributed by atoms with van der Waals surface area (Å²) < 4.78 is 36.6. The number of hydrogen-bond acceptors (Lipinski definition) is 4. The summed E-state index contributed by atoms with van der Waals surface area (Å²) in [7, 11) is -0.0500. The van der Waals surface area contributed by atoms with Crippen LogP contribution in [-0.2, 0) is 21.2 Å². The summed E-state index contributed by atoms with van der Waals surface area (Å²) in [5.74, 6) is 0.918. The third kappa shape index (κ3) is 4.00. The highest BCUT2D eigenvalue weighted by Gasteiger charge is 2.33. The molecule has 1 unspecified atom stereocenters. The molecule has 0 spiro atoms. The molecule has 0 bridgehead atoms. The Balaban J connectivity index is 2.09. The lowest BCUT2D eigenvalue weighted by Crippen LogP contribution is -2.39. The van der Waals surface area contributed by atoms with E-state index in [1.54, 1.807) is 11.4 Å². The molecule has 0 aliphatic carbocycles. The molecule has 22 heavy (non-hydrogen) atoms. The zero-order valence-electron chi connectivity index (χ0n) is 13.5. The van der Waals surface area contributed by atoms with E-state index < -0.39 is 10.0 Å². The van der Waals surface area contributed by atoms with E-state index in [2.05, 4.69) is 6.07 Å². The highest BCUT2D eigenvalue weighted by molar-refractivity contribution is 7.89. The Kier molecular flexibility index (Phi) is 5.83. The van der Waals surface area contributed by atoms with Crippen molar-refractivity contribution in [1.82, 2.24) is 4.31 Å². The van der Waals surface area contributed by atoms with E-state index in [1.807, 2.05) is 19.1 Å². The van der Waals surface area contributed by atoms with Crippen LogP contribution in [0.3, 0.4) is 0 Å². The van der Waals surface area contributed by atoms with Gasteiger partial charge in [-0.25, -0.2) is 8.42 Å². The molecule has 1 saturated heterocycles. The van der Waals surface area contributed by atoms with Crippen molar-refractivity contribution in [2.45, 2.75) is 32.2 Å². The van der Waals surface area contributed by atoms with Gasteiger partial charge in [0.25, 0.3) is 0 Å². The van der Waals surface area contributed by atoms with Crippen LogP contribution in [-0.4, -0.2) is 51.9 Å². The normalized spacial score (nSPS) is 19.5. The van der Waals surface area contributed by atoms with Gasteiger partial charge in [0.2, 0.25) is 10.0 Å². The van der Waals surface area contributed by atoms with Crippen molar-refractivity contribution in [2.75, 3.05) is 33.1 Å². The molecule has 1 aliphatic heterocycles. The fourth-order valence-corrected chi connectivity index (χ4v) is 4.68. The van der Waals surface area contributed by atoms with Crippen LogP contribution in [0, 0.1) is 6.92 Å². The molecule has 0 saturated carbocycles. The van der Waals surface area contributed by atoms with Gasteiger partial charge in [0.15, 0.2) is 0 Å². The van der Waals surface area contributed by atoms with Crippen LogP contribution < -0.4 is 4.74 Å². The first-order chi connectivity index (χ1) is 10.5. The molecule has 5 nitrogen and oxygen atoms in total.